The van der Waals surface area contributed by atoms with Crippen LogP contribution in [0.2, 0.25) is 0 Å². The molecule has 0 aliphatic heterocycles. The van der Waals surface area contributed by atoms with E-state index >= 15 is 0 Å². The van der Waals surface area contributed by atoms with Crippen molar-refractivity contribution in [2.24, 2.45) is 0 Å². The molecule has 0 atom stereocenters. The van der Waals surface area contributed by atoms with E-state index in [9.17, 15) is 0 Å². The van der Waals surface area contributed by atoms with E-state index in [-0.39, 0.29) is 5.41 Å². The van der Waals surface area contributed by atoms with E-state index in [4.69, 9.17) is 6.42 Å². The molecule has 3 aliphatic rings. The quantitative estimate of drug-likeness (QED) is 0.154. The van der Waals surface area contributed by atoms with E-state index in [1.54, 1.807) is 0 Å². The highest BCUT2D eigenvalue weighted by Gasteiger charge is 2.37. The third-order valence-corrected chi connectivity index (χ3v) is 16.1. The average molecular weight is 1010 g/mol. The second-order valence-corrected chi connectivity index (χ2v) is 21.9. The molecule has 0 fully saturated rings. The Morgan fingerprint density at radius 1 is 0.429 bits per heavy atom. The summed E-state index contributed by atoms with van der Waals surface area (Å²) in [6.07, 6.45) is 20.1. The summed E-state index contributed by atoms with van der Waals surface area (Å²) in [5.41, 5.74) is 27.1. The Morgan fingerprint density at radius 2 is 0.883 bits per heavy atom. The number of hydrogen-bond acceptors (Lipinski definition) is 0. The molecule has 9 aromatic carbocycles. The molecule has 0 heterocycles. The fourth-order valence-electron chi connectivity index (χ4n) is 11.8. The fraction of sp³-hybridized carbons (Fsp3) is 0.247. The molecular formula is C77H80. The Bertz CT molecular complexity index is 3640. The van der Waals surface area contributed by atoms with Crippen LogP contribution in [0.25, 0.3) is 54.6 Å². The molecule has 12 rings (SSSR count). The molecule has 0 aromatic heterocycles. The van der Waals surface area contributed by atoms with Gasteiger partial charge in [-0.15, -0.1) is 6.42 Å². The highest BCUT2D eigenvalue weighted by molar-refractivity contribution is 6.04. The van der Waals surface area contributed by atoms with Gasteiger partial charge in [-0.2, -0.15) is 0 Å². The zero-order valence-corrected chi connectivity index (χ0v) is 48.4. The first-order valence-electron chi connectivity index (χ1n) is 28.1. The van der Waals surface area contributed by atoms with Gasteiger partial charge in [-0.25, -0.2) is 0 Å². The zero-order chi connectivity index (χ0) is 55.0. The summed E-state index contributed by atoms with van der Waals surface area (Å²) in [6, 6.07) is 57.8. The van der Waals surface area contributed by atoms with E-state index < -0.39 is 0 Å². The number of aryl methyl sites for hydroxylation is 8. The number of rotatable bonds is 4. The largest absolute Gasteiger partial charge is 0.115 e. The minimum absolute atomic E-state index is 0.0132. The van der Waals surface area contributed by atoms with Crippen LogP contribution in [-0.2, 0) is 11.8 Å². The molecule has 0 N–H and O–H groups in total. The number of allylic oxidation sites excluding steroid dienone is 8. The third kappa shape index (κ3) is 12.0. The van der Waals surface area contributed by atoms with Gasteiger partial charge in [0, 0.05) is 11.0 Å². The van der Waals surface area contributed by atoms with Crippen LogP contribution in [0.5, 0.6) is 0 Å². The van der Waals surface area contributed by atoms with Crippen molar-refractivity contribution in [2.75, 3.05) is 0 Å². The maximum absolute atomic E-state index is 5.83. The maximum atomic E-state index is 5.83. The number of terminal acetylenes is 1. The average Bonchev–Trinajstić information content (AvgIpc) is 3.90. The number of hydrogen-bond donors (Lipinski definition) is 0. The molecule has 388 valence electrons. The van der Waals surface area contributed by atoms with Crippen LogP contribution in [-0.4, -0.2) is 0 Å². The predicted molar refractivity (Wildman–Crippen MR) is 339 cm³/mol. The lowest BCUT2D eigenvalue weighted by Gasteiger charge is -2.23. The van der Waals surface area contributed by atoms with E-state index in [1.807, 2.05) is 13.8 Å². The Labute approximate surface area is 463 Å². The minimum Gasteiger partial charge on any atom is -0.115 e. The lowest BCUT2D eigenvalue weighted by Crippen LogP contribution is -2.15. The lowest BCUT2D eigenvalue weighted by atomic mass is 9.80. The van der Waals surface area contributed by atoms with E-state index in [1.165, 1.54) is 151 Å². The van der Waals surface area contributed by atoms with Gasteiger partial charge in [-0.05, 0) is 216 Å². The monoisotopic (exact) mass is 1000 g/mol. The van der Waals surface area contributed by atoms with Crippen molar-refractivity contribution in [1.82, 2.24) is 0 Å². The normalized spacial score (nSPS) is 13.8. The molecule has 77 heavy (non-hydrogen) atoms. The summed E-state index contributed by atoms with van der Waals surface area (Å²) in [4.78, 5) is 0. The number of fused-ring (bicyclic) bond motifs is 7. The topological polar surface area (TPSA) is 0 Å². The summed E-state index contributed by atoms with van der Waals surface area (Å²) in [7, 11) is 0. The molecule has 0 unspecified atom stereocenters. The summed E-state index contributed by atoms with van der Waals surface area (Å²) < 4.78 is 0. The molecule has 9 aromatic rings. The van der Waals surface area contributed by atoms with Gasteiger partial charge in [0.15, 0.2) is 0 Å². The standard InChI is InChI=1S/C36H32.C15H18.2C12H12.C2H6/c1-6-26-11-7-8-12-29(26)28-18-16-25(20-24(28)3)21-27-22-34-35(31-14-10-9-13-30(27)31)32-17-15-23(2)19-33(32)36(34,4)5;1-11-8-9-15(13(3)10-11)14-7-5-4-6-12(14)2;2*1-9-7-8-10(2)12-6-4-3-5-11(9)12;1-2/h1,8-10,12-20,22H,7,11,21H2,2-5H3;5,7-10H,4,6H2,1-3H3;2*3-8H,1-2H3;1-2H3. The van der Waals surface area contributed by atoms with E-state index in [0.29, 0.717) is 0 Å². The Balaban J connectivity index is 0.000000156. The highest BCUT2D eigenvalue weighted by Crippen LogP contribution is 2.52. The third-order valence-electron chi connectivity index (χ3n) is 16.1. The minimum atomic E-state index is -0.0132. The van der Waals surface area contributed by atoms with Crippen molar-refractivity contribution in [3.63, 3.8) is 0 Å². The van der Waals surface area contributed by atoms with E-state index in [0.717, 1.165) is 24.8 Å². The first kappa shape index (κ1) is 55.5. The summed E-state index contributed by atoms with van der Waals surface area (Å²) in [5, 5.41) is 8.21. The molecule has 0 heteroatoms. The SMILES string of the molecule is C#CC1=C(c2ccc(Cc3cc4c(c5ccccc35)-c3ccc(C)cc3C4(C)C)cc2C)C=CCC1.CC.CC1=C(c2ccc(C)cc2C)C=CCC1.Cc1ccc(C)c2ccccc12.Cc1ccc(C)c2ccccc12. The zero-order valence-electron chi connectivity index (χ0n) is 48.4. The molecule has 0 saturated heterocycles. The Kier molecular flexibility index (Phi) is 17.7. The van der Waals surface area contributed by atoms with Crippen LogP contribution in [0.3, 0.4) is 0 Å². The Morgan fingerprint density at radius 3 is 1.40 bits per heavy atom. The van der Waals surface area contributed by atoms with Crippen LogP contribution in [0, 0.1) is 67.7 Å². The van der Waals surface area contributed by atoms with Crippen molar-refractivity contribution in [3.05, 3.63) is 271 Å². The second kappa shape index (κ2) is 24.5. The fourth-order valence-corrected chi connectivity index (χ4v) is 11.8. The van der Waals surface area contributed by atoms with Gasteiger partial charge >= 0.3 is 0 Å². The van der Waals surface area contributed by atoms with Crippen LogP contribution >= 0.6 is 0 Å². The van der Waals surface area contributed by atoms with Gasteiger partial charge < -0.3 is 0 Å². The summed E-state index contributed by atoms with van der Waals surface area (Å²) in [6.45, 7) is 28.4. The first-order chi connectivity index (χ1) is 37.1. The molecule has 0 nitrogen and oxygen atoms in total. The van der Waals surface area contributed by atoms with Gasteiger partial charge in [0.2, 0.25) is 0 Å². The molecule has 0 amide bonds. The van der Waals surface area contributed by atoms with E-state index in [2.05, 4.69) is 264 Å². The van der Waals surface area contributed by atoms with Crippen LogP contribution < -0.4 is 0 Å². The highest BCUT2D eigenvalue weighted by atomic mass is 14.4. The van der Waals surface area contributed by atoms with Crippen LogP contribution in [0.1, 0.15) is 138 Å². The van der Waals surface area contributed by atoms with Crippen molar-refractivity contribution < 1.29 is 0 Å². The van der Waals surface area contributed by atoms with Crippen molar-refractivity contribution >= 4 is 43.5 Å². The van der Waals surface area contributed by atoms with Crippen LogP contribution in [0.4, 0.5) is 0 Å². The molecule has 0 bridgehead atoms. The number of benzene rings is 9. The summed E-state index contributed by atoms with van der Waals surface area (Å²) in [5.74, 6) is 2.93. The van der Waals surface area contributed by atoms with Gasteiger partial charge in [0.1, 0.15) is 0 Å². The lowest BCUT2D eigenvalue weighted by molar-refractivity contribution is 0.659. The van der Waals surface area contributed by atoms with Gasteiger partial charge in [0.05, 0.1) is 0 Å². The van der Waals surface area contributed by atoms with Crippen LogP contribution in [0.15, 0.2) is 193 Å². The van der Waals surface area contributed by atoms with Crippen molar-refractivity contribution in [1.29, 1.82) is 0 Å². The summed E-state index contributed by atoms with van der Waals surface area (Å²) >= 11 is 0. The van der Waals surface area contributed by atoms with Crippen molar-refractivity contribution in [2.45, 2.75) is 128 Å². The molecular weight excluding hydrogens is 925 g/mol. The second-order valence-electron chi connectivity index (χ2n) is 21.9. The molecule has 3 aliphatic carbocycles. The molecule has 0 saturated carbocycles. The maximum Gasteiger partial charge on any atom is 0.0159 e. The van der Waals surface area contributed by atoms with Gasteiger partial charge in [0.25, 0.3) is 0 Å². The van der Waals surface area contributed by atoms with Crippen molar-refractivity contribution in [3.8, 4) is 23.5 Å². The Hall–Kier alpha value is -7.72. The first-order valence-corrected chi connectivity index (χ1v) is 28.1. The molecule has 0 spiro atoms. The molecule has 0 radical (unpaired) electrons. The predicted octanol–water partition coefficient (Wildman–Crippen LogP) is 21.5. The smallest absolute Gasteiger partial charge is 0.0159 e. The van der Waals surface area contributed by atoms with Gasteiger partial charge in [-0.1, -0.05) is 232 Å². The van der Waals surface area contributed by atoms with Gasteiger partial charge in [-0.3, -0.25) is 0 Å².